The van der Waals surface area contributed by atoms with E-state index < -0.39 is 15.8 Å². The normalized spacial score (nSPS) is 18.2. The quantitative estimate of drug-likeness (QED) is 0.925. The zero-order valence-corrected chi connectivity index (χ0v) is 13.2. The number of halogens is 2. The summed E-state index contributed by atoms with van der Waals surface area (Å²) in [6.07, 6.45) is 5.24. The van der Waals surface area contributed by atoms with Crippen molar-refractivity contribution in [2.75, 3.05) is 6.54 Å². The second-order valence-corrected chi connectivity index (χ2v) is 7.46. The molecule has 0 unspecified atom stereocenters. The van der Waals surface area contributed by atoms with Gasteiger partial charge in [0.05, 0.1) is 5.02 Å². The molecule has 22 heavy (non-hydrogen) atoms. The van der Waals surface area contributed by atoms with Crippen molar-refractivity contribution in [3.63, 3.8) is 0 Å². The van der Waals surface area contributed by atoms with Crippen molar-refractivity contribution < 1.29 is 12.8 Å². The summed E-state index contributed by atoms with van der Waals surface area (Å²) in [5.41, 5.74) is 0. The number of imidazole rings is 1. The van der Waals surface area contributed by atoms with Crippen LogP contribution in [0.4, 0.5) is 4.39 Å². The number of hydrogen-bond donors (Lipinski definition) is 1. The number of rotatable bonds is 4. The van der Waals surface area contributed by atoms with Gasteiger partial charge < -0.3 is 4.57 Å². The lowest BCUT2D eigenvalue weighted by atomic mass is 9.98. The maximum atomic E-state index is 13.2. The molecule has 2 aromatic rings. The molecule has 1 N–H and O–H groups in total. The highest BCUT2D eigenvalue weighted by Gasteiger charge is 2.23. The van der Waals surface area contributed by atoms with Crippen LogP contribution < -0.4 is 4.72 Å². The monoisotopic (exact) mass is 343 g/mol. The molecule has 1 atom stereocenters. The summed E-state index contributed by atoms with van der Waals surface area (Å²) in [7, 11) is -3.83. The van der Waals surface area contributed by atoms with Crippen molar-refractivity contribution in [2.45, 2.75) is 24.3 Å². The minimum absolute atomic E-state index is 0.00749. The molecule has 5 nitrogen and oxygen atoms in total. The molecule has 0 aliphatic carbocycles. The van der Waals surface area contributed by atoms with Crippen LogP contribution in [-0.2, 0) is 23.0 Å². The Morgan fingerprint density at radius 3 is 3.09 bits per heavy atom. The predicted molar refractivity (Wildman–Crippen MR) is 80.6 cm³/mol. The fourth-order valence-corrected chi connectivity index (χ4v) is 4.20. The summed E-state index contributed by atoms with van der Waals surface area (Å²) in [5, 5.41) is 0.00749. The minimum atomic E-state index is -3.83. The van der Waals surface area contributed by atoms with Crippen LogP contribution in [0, 0.1) is 11.7 Å². The van der Waals surface area contributed by atoms with Crippen molar-refractivity contribution >= 4 is 21.6 Å². The van der Waals surface area contributed by atoms with E-state index in [1.807, 2.05) is 6.20 Å². The Labute approximate surface area is 133 Å². The molecule has 0 bridgehead atoms. The summed E-state index contributed by atoms with van der Waals surface area (Å²) in [4.78, 5) is 4.02. The van der Waals surface area contributed by atoms with Gasteiger partial charge in [-0.25, -0.2) is 22.5 Å². The highest BCUT2D eigenvalue weighted by molar-refractivity contribution is 7.89. The van der Waals surface area contributed by atoms with E-state index in [2.05, 4.69) is 14.3 Å². The van der Waals surface area contributed by atoms with Gasteiger partial charge in [0.1, 0.15) is 16.5 Å². The number of aromatic nitrogens is 2. The van der Waals surface area contributed by atoms with Gasteiger partial charge in [0.15, 0.2) is 0 Å². The molecule has 1 aromatic carbocycles. The third kappa shape index (κ3) is 3.16. The van der Waals surface area contributed by atoms with Crippen LogP contribution in [0.25, 0.3) is 0 Å². The van der Waals surface area contributed by atoms with Gasteiger partial charge in [-0.2, -0.15) is 0 Å². The van der Waals surface area contributed by atoms with Crippen molar-refractivity contribution in [1.82, 2.24) is 14.3 Å². The zero-order chi connectivity index (χ0) is 15.7. The van der Waals surface area contributed by atoms with Crippen molar-refractivity contribution in [3.8, 4) is 0 Å². The topological polar surface area (TPSA) is 64.0 Å². The van der Waals surface area contributed by atoms with Gasteiger partial charge in [0.25, 0.3) is 0 Å². The molecular formula is C14H15ClFN3O2S. The second kappa shape index (κ2) is 5.98. The number of aryl methyl sites for hydroxylation is 1. The van der Waals surface area contributed by atoms with Gasteiger partial charge in [-0.1, -0.05) is 11.6 Å². The molecular weight excluding hydrogens is 329 g/mol. The van der Waals surface area contributed by atoms with E-state index in [0.717, 1.165) is 30.9 Å². The van der Waals surface area contributed by atoms with Gasteiger partial charge in [0.2, 0.25) is 10.0 Å². The number of hydrogen-bond acceptors (Lipinski definition) is 3. The first kappa shape index (κ1) is 15.5. The number of benzene rings is 1. The summed E-state index contributed by atoms with van der Waals surface area (Å²) >= 11 is 5.86. The summed E-state index contributed by atoms with van der Waals surface area (Å²) in [6.45, 7) is 1.10. The molecule has 0 spiro atoms. The lowest BCUT2D eigenvalue weighted by Gasteiger charge is -2.23. The fourth-order valence-electron chi connectivity index (χ4n) is 2.58. The highest BCUT2D eigenvalue weighted by Crippen LogP contribution is 2.23. The lowest BCUT2D eigenvalue weighted by Crippen LogP contribution is -2.33. The Bertz CT molecular complexity index is 791. The Hall–Kier alpha value is -1.44. The molecule has 0 radical (unpaired) electrons. The molecule has 0 fully saturated rings. The molecule has 3 rings (SSSR count). The van der Waals surface area contributed by atoms with Crippen molar-refractivity contribution in [1.29, 1.82) is 0 Å². The molecule has 8 heteroatoms. The maximum Gasteiger partial charge on any atom is 0.242 e. The van der Waals surface area contributed by atoms with E-state index in [9.17, 15) is 12.8 Å². The van der Waals surface area contributed by atoms with Crippen LogP contribution in [-0.4, -0.2) is 24.5 Å². The number of nitrogens with zero attached hydrogens (tertiary/aromatic N) is 2. The molecule has 1 aliphatic heterocycles. The molecule has 0 saturated heterocycles. The van der Waals surface area contributed by atoms with Crippen LogP contribution >= 0.6 is 11.6 Å². The Morgan fingerprint density at radius 1 is 1.45 bits per heavy atom. The summed E-state index contributed by atoms with van der Waals surface area (Å²) < 4.78 is 42.3. The molecule has 118 valence electrons. The zero-order valence-electron chi connectivity index (χ0n) is 11.7. The molecule has 0 amide bonds. The van der Waals surface area contributed by atoms with Crippen LogP contribution in [0.15, 0.2) is 35.5 Å². The van der Waals surface area contributed by atoms with E-state index in [-0.39, 0.29) is 22.4 Å². The maximum absolute atomic E-state index is 13.2. The van der Waals surface area contributed by atoms with E-state index >= 15 is 0 Å². The van der Waals surface area contributed by atoms with E-state index in [4.69, 9.17) is 11.6 Å². The average Bonchev–Trinajstić information content (AvgIpc) is 2.95. The Morgan fingerprint density at radius 2 is 2.27 bits per heavy atom. The summed E-state index contributed by atoms with van der Waals surface area (Å²) in [6, 6.07) is 3.30. The molecule has 2 heterocycles. The van der Waals surface area contributed by atoms with Gasteiger partial charge in [-0.15, -0.1) is 0 Å². The summed E-state index contributed by atoms with van der Waals surface area (Å²) in [5.74, 6) is 0.487. The van der Waals surface area contributed by atoms with Gasteiger partial charge in [-0.3, -0.25) is 0 Å². The fraction of sp³-hybridized carbons (Fsp3) is 0.357. The van der Waals surface area contributed by atoms with Gasteiger partial charge in [-0.05, 0) is 30.5 Å². The third-order valence-electron chi connectivity index (χ3n) is 3.80. The van der Waals surface area contributed by atoms with E-state index in [1.54, 1.807) is 6.20 Å². The smallest absolute Gasteiger partial charge is 0.242 e. The molecule has 0 saturated carbocycles. The minimum Gasteiger partial charge on any atom is -0.335 e. The molecule has 1 aromatic heterocycles. The van der Waals surface area contributed by atoms with Gasteiger partial charge >= 0.3 is 0 Å². The Balaban J connectivity index is 1.69. The second-order valence-electron chi connectivity index (χ2n) is 5.32. The number of fused-ring (bicyclic) bond motifs is 1. The van der Waals surface area contributed by atoms with E-state index in [0.29, 0.717) is 6.42 Å². The first-order valence-corrected chi connectivity index (χ1v) is 8.76. The van der Waals surface area contributed by atoms with Crippen LogP contribution in [0.5, 0.6) is 0 Å². The van der Waals surface area contributed by atoms with Crippen LogP contribution in [0.3, 0.4) is 0 Å². The van der Waals surface area contributed by atoms with Gasteiger partial charge in [0, 0.05) is 31.9 Å². The molecule has 1 aliphatic rings. The third-order valence-corrected chi connectivity index (χ3v) is 5.70. The van der Waals surface area contributed by atoms with Crippen LogP contribution in [0.1, 0.15) is 12.2 Å². The standard InChI is InChI=1S/C14H15ClFN3O2S/c15-12-2-1-11(16)8-13(12)22(20,21)18-9-10-3-5-19-6-4-17-14(19)7-10/h1-2,4,6,8,10,18H,3,5,7,9H2/t10-/m0/s1. The van der Waals surface area contributed by atoms with Crippen molar-refractivity contribution in [2.24, 2.45) is 5.92 Å². The highest BCUT2D eigenvalue weighted by atomic mass is 35.5. The lowest BCUT2D eigenvalue weighted by molar-refractivity contribution is 0.379. The van der Waals surface area contributed by atoms with Crippen LogP contribution in [0.2, 0.25) is 5.02 Å². The first-order valence-electron chi connectivity index (χ1n) is 6.90. The number of nitrogens with one attached hydrogen (secondary N) is 1. The van der Waals surface area contributed by atoms with E-state index in [1.165, 1.54) is 6.07 Å². The SMILES string of the molecule is O=S(=O)(NC[C@H]1CCn2ccnc2C1)c1cc(F)ccc1Cl. The predicted octanol–water partition coefficient (Wildman–Crippen LogP) is 2.22. The Kier molecular flexibility index (Phi) is 4.20. The largest absolute Gasteiger partial charge is 0.335 e. The average molecular weight is 344 g/mol. The number of sulfonamides is 1. The first-order chi connectivity index (χ1) is 10.5. The van der Waals surface area contributed by atoms with Crippen molar-refractivity contribution in [3.05, 3.63) is 47.3 Å².